The van der Waals surface area contributed by atoms with E-state index in [1.807, 2.05) is 13.8 Å². The van der Waals surface area contributed by atoms with E-state index in [1.165, 1.54) is 12.8 Å². The van der Waals surface area contributed by atoms with Gasteiger partial charge in [0.2, 0.25) is 0 Å². The third-order valence-electron chi connectivity index (χ3n) is 5.92. The maximum atomic E-state index is 12.4. The number of carbonyl (C=O) groups is 2. The second-order valence-corrected chi connectivity index (χ2v) is 8.72. The van der Waals surface area contributed by atoms with Gasteiger partial charge in [-0.2, -0.15) is 0 Å². The van der Waals surface area contributed by atoms with Crippen LogP contribution in [0.15, 0.2) is 24.3 Å². The molecule has 1 aromatic rings. The van der Waals surface area contributed by atoms with Crippen LogP contribution in [-0.2, 0) is 0 Å². The quantitative estimate of drug-likeness (QED) is 0.613. The number of nitrogens with zero attached hydrogens (tertiary/aromatic N) is 1. The molecular formula is C23H38N4O2. The lowest BCUT2D eigenvalue weighted by Crippen LogP contribution is -2.50. The minimum absolute atomic E-state index is 0.0917. The van der Waals surface area contributed by atoms with Crippen molar-refractivity contribution in [1.29, 1.82) is 0 Å². The van der Waals surface area contributed by atoms with Crippen molar-refractivity contribution >= 4 is 17.6 Å². The summed E-state index contributed by atoms with van der Waals surface area (Å²) in [6.07, 6.45) is 3.35. The average molecular weight is 403 g/mol. The summed E-state index contributed by atoms with van der Waals surface area (Å²) in [5.74, 6) is 1.18. The van der Waals surface area contributed by atoms with Crippen LogP contribution in [0.3, 0.4) is 0 Å². The van der Waals surface area contributed by atoms with E-state index in [9.17, 15) is 9.59 Å². The fourth-order valence-corrected chi connectivity index (χ4v) is 3.63. The molecule has 1 fully saturated rings. The van der Waals surface area contributed by atoms with E-state index in [-0.39, 0.29) is 18.0 Å². The Bertz CT molecular complexity index is 651. The highest BCUT2D eigenvalue weighted by atomic mass is 16.2. The minimum atomic E-state index is -0.210. The number of benzene rings is 1. The molecule has 2 rings (SSSR count). The topological polar surface area (TPSA) is 73.5 Å². The number of piperidine rings is 1. The SMILES string of the molecule is CCC(C)NC(=O)c1ccc(NC(=O)NCC(C(C)C)N2CCC(C)CC2)cc1. The number of rotatable bonds is 8. The third-order valence-corrected chi connectivity index (χ3v) is 5.92. The molecule has 0 saturated carbocycles. The molecule has 162 valence electrons. The highest BCUT2D eigenvalue weighted by Gasteiger charge is 2.25. The zero-order valence-electron chi connectivity index (χ0n) is 18.6. The van der Waals surface area contributed by atoms with Crippen LogP contribution in [0.5, 0.6) is 0 Å². The van der Waals surface area contributed by atoms with E-state index in [4.69, 9.17) is 0 Å². The van der Waals surface area contributed by atoms with Gasteiger partial charge < -0.3 is 16.0 Å². The molecule has 3 N–H and O–H groups in total. The normalized spacial score (nSPS) is 17.6. The standard InChI is InChI=1S/C23H38N4O2/c1-6-18(5)25-22(28)19-7-9-20(10-8-19)26-23(29)24-15-21(16(2)3)27-13-11-17(4)12-14-27/h7-10,16-18,21H,6,11-15H2,1-5H3,(H,25,28)(H2,24,26,29). The lowest BCUT2D eigenvalue weighted by atomic mass is 9.94. The summed E-state index contributed by atoms with van der Waals surface area (Å²) in [5, 5.41) is 8.83. The zero-order valence-corrected chi connectivity index (χ0v) is 18.6. The van der Waals surface area contributed by atoms with Crippen LogP contribution in [-0.4, -0.2) is 48.6 Å². The average Bonchev–Trinajstić information content (AvgIpc) is 2.69. The number of amides is 3. The van der Waals surface area contributed by atoms with Crippen molar-refractivity contribution in [2.24, 2.45) is 11.8 Å². The number of likely N-dealkylation sites (tertiary alicyclic amines) is 1. The highest BCUT2D eigenvalue weighted by molar-refractivity contribution is 5.95. The second kappa shape index (κ2) is 11.2. The molecule has 1 saturated heterocycles. The van der Waals surface area contributed by atoms with Crippen LogP contribution in [0.25, 0.3) is 0 Å². The summed E-state index contributed by atoms with van der Waals surface area (Å²) < 4.78 is 0. The Labute approximate surface area is 175 Å². The molecule has 0 spiro atoms. The van der Waals surface area contributed by atoms with Crippen LogP contribution in [0, 0.1) is 11.8 Å². The van der Waals surface area contributed by atoms with Gasteiger partial charge in [0.05, 0.1) is 0 Å². The summed E-state index contributed by atoms with van der Waals surface area (Å²) in [5.41, 5.74) is 1.27. The lowest BCUT2D eigenvalue weighted by Gasteiger charge is -2.38. The van der Waals surface area contributed by atoms with E-state index in [1.54, 1.807) is 24.3 Å². The Morgan fingerprint density at radius 1 is 1.10 bits per heavy atom. The van der Waals surface area contributed by atoms with Crippen LogP contribution in [0.4, 0.5) is 10.5 Å². The third kappa shape index (κ3) is 7.35. The Kier molecular flexibility index (Phi) is 8.96. The molecule has 0 aliphatic carbocycles. The van der Waals surface area contributed by atoms with Gasteiger partial charge in [-0.1, -0.05) is 27.7 Å². The predicted octanol–water partition coefficient (Wildman–Crippen LogP) is 4.09. The van der Waals surface area contributed by atoms with Gasteiger partial charge in [0, 0.05) is 29.9 Å². The Balaban J connectivity index is 1.84. The van der Waals surface area contributed by atoms with Crippen molar-refractivity contribution < 1.29 is 9.59 Å². The first-order valence-corrected chi connectivity index (χ1v) is 11.0. The molecule has 3 amide bonds. The van der Waals surface area contributed by atoms with Gasteiger partial charge in [-0.3, -0.25) is 9.69 Å². The molecule has 0 aromatic heterocycles. The molecule has 2 atom stereocenters. The Morgan fingerprint density at radius 2 is 1.72 bits per heavy atom. The van der Waals surface area contributed by atoms with Crippen LogP contribution in [0.1, 0.15) is 64.2 Å². The highest BCUT2D eigenvalue weighted by Crippen LogP contribution is 2.21. The van der Waals surface area contributed by atoms with E-state index in [0.717, 1.165) is 25.4 Å². The number of urea groups is 1. The van der Waals surface area contributed by atoms with Gasteiger partial charge in [0.25, 0.3) is 5.91 Å². The van der Waals surface area contributed by atoms with E-state index >= 15 is 0 Å². The van der Waals surface area contributed by atoms with E-state index < -0.39 is 0 Å². The van der Waals surface area contributed by atoms with Crippen molar-refractivity contribution in [3.8, 4) is 0 Å². The second-order valence-electron chi connectivity index (χ2n) is 8.72. The first-order valence-electron chi connectivity index (χ1n) is 11.0. The summed E-state index contributed by atoms with van der Waals surface area (Å²) in [6.45, 7) is 13.6. The number of carbonyl (C=O) groups excluding carboxylic acids is 2. The first-order chi connectivity index (χ1) is 13.8. The van der Waals surface area contributed by atoms with E-state index in [0.29, 0.717) is 29.8 Å². The largest absolute Gasteiger partial charge is 0.350 e. The van der Waals surface area contributed by atoms with Crippen molar-refractivity contribution in [3.05, 3.63) is 29.8 Å². The predicted molar refractivity (Wildman–Crippen MR) is 119 cm³/mol. The molecule has 1 heterocycles. The summed E-state index contributed by atoms with van der Waals surface area (Å²) in [6, 6.07) is 7.27. The molecule has 6 nitrogen and oxygen atoms in total. The van der Waals surface area contributed by atoms with E-state index in [2.05, 4.69) is 41.6 Å². The Morgan fingerprint density at radius 3 is 2.28 bits per heavy atom. The molecular weight excluding hydrogens is 364 g/mol. The van der Waals surface area contributed by atoms with Crippen LogP contribution in [0.2, 0.25) is 0 Å². The molecule has 6 heteroatoms. The minimum Gasteiger partial charge on any atom is -0.350 e. The fourth-order valence-electron chi connectivity index (χ4n) is 3.63. The van der Waals surface area contributed by atoms with Crippen molar-refractivity contribution in [3.63, 3.8) is 0 Å². The number of nitrogens with one attached hydrogen (secondary N) is 3. The van der Waals surface area contributed by atoms with Gasteiger partial charge in [-0.05, 0) is 75.4 Å². The maximum Gasteiger partial charge on any atom is 0.319 e. The van der Waals surface area contributed by atoms with Gasteiger partial charge in [0.1, 0.15) is 0 Å². The zero-order chi connectivity index (χ0) is 21.4. The number of anilines is 1. The van der Waals surface area contributed by atoms with Gasteiger partial charge >= 0.3 is 6.03 Å². The molecule has 1 aliphatic heterocycles. The number of hydrogen-bond donors (Lipinski definition) is 3. The Hall–Kier alpha value is -2.08. The smallest absolute Gasteiger partial charge is 0.319 e. The molecule has 0 radical (unpaired) electrons. The maximum absolute atomic E-state index is 12.4. The lowest BCUT2D eigenvalue weighted by molar-refractivity contribution is 0.0939. The van der Waals surface area contributed by atoms with Crippen LogP contribution < -0.4 is 16.0 Å². The fraction of sp³-hybridized carbons (Fsp3) is 0.652. The molecule has 1 aromatic carbocycles. The molecule has 2 unspecified atom stereocenters. The molecule has 0 bridgehead atoms. The summed E-state index contributed by atoms with van der Waals surface area (Å²) >= 11 is 0. The molecule has 29 heavy (non-hydrogen) atoms. The van der Waals surface area contributed by atoms with Crippen molar-refractivity contribution in [2.75, 3.05) is 25.0 Å². The van der Waals surface area contributed by atoms with Crippen molar-refractivity contribution in [2.45, 2.75) is 66.0 Å². The monoisotopic (exact) mass is 402 g/mol. The summed E-state index contributed by atoms with van der Waals surface area (Å²) in [7, 11) is 0. The number of hydrogen-bond acceptors (Lipinski definition) is 3. The first kappa shape index (κ1) is 23.2. The van der Waals surface area contributed by atoms with Gasteiger partial charge in [-0.15, -0.1) is 0 Å². The molecule has 1 aliphatic rings. The summed E-state index contributed by atoms with van der Waals surface area (Å²) in [4.78, 5) is 27.0. The van der Waals surface area contributed by atoms with Crippen LogP contribution >= 0.6 is 0 Å². The van der Waals surface area contributed by atoms with Gasteiger partial charge in [0.15, 0.2) is 0 Å². The van der Waals surface area contributed by atoms with Crippen molar-refractivity contribution in [1.82, 2.24) is 15.5 Å². The van der Waals surface area contributed by atoms with Gasteiger partial charge in [-0.25, -0.2) is 4.79 Å².